The molecular weight excluding hydrogens is 168 g/mol. The van der Waals surface area contributed by atoms with E-state index in [-0.39, 0.29) is 11.9 Å². The standard InChI is InChI=1S/C10H20O3/c1-4-6-10(13-3)9(11)7-5-8-12-2/h10H,4-8H2,1-3H3. The van der Waals surface area contributed by atoms with Gasteiger partial charge in [0.1, 0.15) is 6.10 Å². The van der Waals surface area contributed by atoms with Crippen molar-refractivity contribution in [2.45, 2.75) is 38.7 Å². The predicted molar refractivity (Wildman–Crippen MR) is 51.8 cm³/mol. The third-order valence-corrected chi connectivity index (χ3v) is 1.97. The van der Waals surface area contributed by atoms with Crippen LogP contribution in [-0.2, 0) is 14.3 Å². The van der Waals surface area contributed by atoms with E-state index in [1.165, 1.54) is 0 Å². The van der Waals surface area contributed by atoms with Crippen LogP contribution >= 0.6 is 0 Å². The highest BCUT2D eigenvalue weighted by Gasteiger charge is 2.15. The molecule has 3 heteroatoms. The number of ether oxygens (including phenoxy) is 2. The number of hydrogen-bond acceptors (Lipinski definition) is 3. The molecule has 0 saturated carbocycles. The van der Waals surface area contributed by atoms with E-state index in [4.69, 9.17) is 9.47 Å². The van der Waals surface area contributed by atoms with Crippen LogP contribution in [0.1, 0.15) is 32.6 Å². The van der Waals surface area contributed by atoms with Gasteiger partial charge in [-0.1, -0.05) is 13.3 Å². The Bertz CT molecular complexity index is 134. The van der Waals surface area contributed by atoms with E-state index in [0.29, 0.717) is 13.0 Å². The molecule has 0 aromatic heterocycles. The number of hydrogen-bond donors (Lipinski definition) is 0. The summed E-state index contributed by atoms with van der Waals surface area (Å²) in [6, 6.07) is 0. The van der Waals surface area contributed by atoms with Gasteiger partial charge in [0.25, 0.3) is 0 Å². The molecule has 0 amide bonds. The normalized spacial score (nSPS) is 12.8. The van der Waals surface area contributed by atoms with Gasteiger partial charge >= 0.3 is 0 Å². The largest absolute Gasteiger partial charge is 0.385 e. The SMILES string of the molecule is CCCC(OC)C(=O)CCCOC. The second-order valence-electron chi connectivity index (χ2n) is 3.08. The molecule has 0 aromatic rings. The maximum absolute atomic E-state index is 11.5. The summed E-state index contributed by atoms with van der Waals surface area (Å²) in [6.45, 7) is 2.70. The van der Waals surface area contributed by atoms with Gasteiger partial charge in [-0.3, -0.25) is 4.79 Å². The first-order valence-electron chi connectivity index (χ1n) is 4.80. The summed E-state index contributed by atoms with van der Waals surface area (Å²) in [5.74, 6) is 0.196. The van der Waals surface area contributed by atoms with E-state index in [0.717, 1.165) is 19.3 Å². The molecular formula is C10H20O3. The Morgan fingerprint density at radius 3 is 2.54 bits per heavy atom. The molecule has 0 bridgehead atoms. The quantitative estimate of drug-likeness (QED) is 0.545. The minimum Gasteiger partial charge on any atom is -0.385 e. The summed E-state index contributed by atoms with van der Waals surface area (Å²) in [7, 11) is 3.23. The topological polar surface area (TPSA) is 35.5 Å². The van der Waals surface area contributed by atoms with Crippen molar-refractivity contribution in [3.63, 3.8) is 0 Å². The fourth-order valence-corrected chi connectivity index (χ4v) is 1.22. The number of carbonyl (C=O) groups is 1. The lowest BCUT2D eigenvalue weighted by Crippen LogP contribution is -2.22. The lowest BCUT2D eigenvalue weighted by Gasteiger charge is -2.12. The highest BCUT2D eigenvalue weighted by Crippen LogP contribution is 2.06. The Kier molecular flexibility index (Phi) is 7.94. The van der Waals surface area contributed by atoms with Crippen molar-refractivity contribution in [2.75, 3.05) is 20.8 Å². The first-order chi connectivity index (χ1) is 6.26. The second kappa shape index (κ2) is 8.20. The van der Waals surface area contributed by atoms with Crippen molar-refractivity contribution in [2.24, 2.45) is 0 Å². The van der Waals surface area contributed by atoms with Crippen molar-refractivity contribution in [3.8, 4) is 0 Å². The molecule has 0 N–H and O–H groups in total. The first kappa shape index (κ1) is 12.6. The van der Waals surface area contributed by atoms with Crippen LogP contribution in [0.25, 0.3) is 0 Å². The van der Waals surface area contributed by atoms with Gasteiger partial charge in [-0.25, -0.2) is 0 Å². The summed E-state index contributed by atoms with van der Waals surface area (Å²) < 4.78 is 9.97. The summed E-state index contributed by atoms with van der Waals surface area (Å²) in [6.07, 6.45) is 2.95. The average Bonchev–Trinajstić information content (AvgIpc) is 2.14. The molecule has 1 atom stereocenters. The molecule has 0 aliphatic rings. The molecule has 0 saturated heterocycles. The Hall–Kier alpha value is -0.410. The minimum absolute atomic E-state index is 0.196. The number of ketones is 1. The molecule has 3 nitrogen and oxygen atoms in total. The minimum atomic E-state index is -0.207. The van der Waals surface area contributed by atoms with Gasteiger partial charge in [0.15, 0.2) is 5.78 Å². The van der Waals surface area contributed by atoms with Gasteiger partial charge in [-0.15, -0.1) is 0 Å². The zero-order valence-corrected chi connectivity index (χ0v) is 8.84. The van der Waals surface area contributed by atoms with E-state index in [1.54, 1.807) is 14.2 Å². The molecule has 0 aliphatic heterocycles. The van der Waals surface area contributed by atoms with Crippen LogP contribution in [0.3, 0.4) is 0 Å². The molecule has 78 valence electrons. The Morgan fingerprint density at radius 1 is 1.38 bits per heavy atom. The third-order valence-electron chi connectivity index (χ3n) is 1.97. The number of rotatable bonds is 8. The number of carbonyl (C=O) groups excluding carboxylic acids is 1. The van der Waals surface area contributed by atoms with Crippen molar-refractivity contribution in [1.82, 2.24) is 0 Å². The Labute approximate surface area is 80.4 Å². The Morgan fingerprint density at radius 2 is 2.08 bits per heavy atom. The van der Waals surface area contributed by atoms with Gasteiger partial charge in [-0.05, 0) is 12.8 Å². The monoisotopic (exact) mass is 188 g/mol. The summed E-state index contributed by atoms with van der Waals surface area (Å²) in [4.78, 5) is 11.5. The second-order valence-corrected chi connectivity index (χ2v) is 3.08. The lowest BCUT2D eigenvalue weighted by atomic mass is 10.1. The van der Waals surface area contributed by atoms with Crippen LogP contribution in [-0.4, -0.2) is 32.7 Å². The predicted octanol–water partition coefficient (Wildman–Crippen LogP) is 1.80. The van der Waals surface area contributed by atoms with Gasteiger partial charge in [0.2, 0.25) is 0 Å². The molecule has 1 unspecified atom stereocenters. The molecule has 0 radical (unpaired) electrons. The van der Waals surface area contributed by atoms with Crippen LogP contribution in [0.4, 0.5) is 0 Å². The fraction of sp³-hybridized carbons (Fsp3) is 0.900. The molecule has 0 aliphatic carbocycles. The van der Waals surface area contributed by atoms with E-state index in [2.05, 4.69) is 6.92 Å². The number of Topliss-reactive ketones (excluding diaryl/α,β-unsaturated/α-hetero) is 1. The van der Waals surface area contributed by atoms with Crippen LogP contribution < -0.4 is 0 Å². The zero-order valence-electron chi connectivity index (χ0n) is 8.84. The molecule has 0 fully saturated rings. The summed E-state index contributed by atoms with van der Waals surface area (Å²) in [5, 5.41) is 0. The van der Waals surface area contributed by atoms with Crippen LogP contribution in [0.5, 0.6) is 0 Å². The van der Waals surface area contributed by atoms with Crippen molar-refractivity contribution in [3.05, 3.63) is 0 Å². The van der Waals surface area contributed by atoms with Crippen molar-refractivity contribution in [1.29, 1.82) is 0 Å². The lowest BCUT2D eigenvalue weighted by molar-refractivity contribution is -0.129. The van der Waals surface area contributed by atoms with E-state index < -0.39 is 0 Å². The highest BCUT2D eigenvalue weighted by molar-refractivity contribution is 5.82. The van der Waals surface area contributed by atoms with Crippen LogP contribution in [0.15, 0.2) is 0 Å². The van der Waals surface area contributed by atoms with E-state index >= 15 is 0 Å². The molecule has 13 heavy (non-hydrogen) atoms. The maximum Gasteiger partial charge on any atom is 0.161 e. The average molecular weight is 188 g/mol. The van der Waals surface area contributed by atoms with Gasteiger partial charge in [0.05, 0.1) is 0 Å². The highest BCUT2D eigenvalue weighted by atomic mass is 16.5. The van der Waals surface area contributed by atoms with Gasteiger partial charge in [-0.2, -0.15) is 0 Å². The zero-order chi connectivity index (χ0) is 10.1. The maximum atomic E-state index is 11.5. The van der Waals surface area contributed by atoms with Crippen molar-refractivity contribution >= 4 is 5.78 Å². The van der Waals surface area contributed by atoms with Gasteiger partial charge < -0.3 is 9.47 Å². The molecule has 0 rings (SSSR count). The molecule has 0 aromatic carbocycles. The molecule has 0 heterocycles. The summed E-state index contributed by atoms with van der Waals surface area (Å²) >= 11 is 0. The van der Waals surface area contributed by atoms with E-state index in [9.17, 15) is 4.79 Å². The molecule has 0 spiro atoms. The summed E-state index contributed by atoms with van der Waals surface area (Å²) in [5.41, 5.74) is 0. The van der Waals surface area contributed by atoms with Crippen molar-refractivity contribution < 1.29 is 14.3 Å². The van der Waals surface area contributed by atoms with Crippen LogP contribution in [0.2, 0.25) is 0 Å². The number of methoxy groups -OCH3 is 2. The third kappa shape index (κ3) is 5.77. The smallest absolute Gasteiger partial charge is 0.161 e. The fourth-order valence-electron chi connectivity index (χ4n) is 1.22. The Balaban J connectivity index is 3.64. The van der Waals surface area contributed by atoms with E-state index in [1.807, 2.05) is 0 Å². The first-order valence-corrected chi connectivity index (χ1v) is 4.80. The van der Waals surface area contributed by atoms with Crippen LogP contribution in [0, 0.1) is 0 Å². The van der Waals surface area contributed by atoms with Gasteiger partial charge in [0, 0.05) is 27.2 Å².